The largest absolute Gasteiger partial charge is 0.342 e. The van der Waals surface area contributed by atoms with Crippen LogP contribution in [0.1, 0.15) is 40.3 Å². The van der Waals surface area contributed by atoms with Crippen molar-refractivity contribution in [3.05, 3.63) is 95.6 Å². The van der Waals surface area contributed by atoms with E-state index in [9.17, 15) is 4.79 Å². The predicted molar refractivity (Wildman–Crippen MR) is 110 cm³/mol. The minimum Gasteiger partial charge on any atom is -0.342 e. The first-order chi connectivity index (χ1) is 13.6. The Bertz CT molecular complexity index is 1120. The Morgan fingerprint density at radius 3 is 2.75 bits per heavy atom. The molecule has 0 aliphatic heterocycles. The fourth-order valence-corrected chi connectivity index (χ4v) is 3.43. The van der Waals surface area contributed by atoms with Gasteiger partial charge in [-0.05, 0) is 43.7 Å². The van der Waals surface area contributed by atoms with Crippen LogP contribution in [0.15, 0.2) is 73.1 Å². The number of carbonyl (C=O) groups excluding carboxylic acids is 1. The van der Waals surface area contributed by atoms with Gasteiger partial charge in [-0.25, -0.2) is 4.98 Å². The third-order valence-electron chi connectivity index (χ3n) is 4.77. The Hall–Kier alpha value is -3.47. The van der Waals surface area contributed by atoms with Crippen LogP contribution in [0.4, 0.5) is 0 Å². The number of fused-ring (bicyclic) bond motifs is 1. The number of nitrogens with zero attached hydrogens (tertiary/aromatic N) is 3. The first kappa shape index (κ1) is 17.9. The van der Waals surface area contributed by atoms with Gasteiger partial charge in [-0.1, -0.05) is 42.0 Å². The van der Waals surface area contributed by atoms with Crippen LogP contribution in [0.25, 0.3) is 11.0 Å². The molecule has 0 aliphatic carbocycles. The molecule has 0 saturated heterocycles. The van der Waals surface area contributed by atoms with Crippen LogP contribution in [-0.4, -0.2) is 20.4 Å². The quantitative estimate of drug-likeness (QED) is 0.570. The molecule has 1 atom stereocenters. The number of rotatable bonds is 5. The lowest BCUT2D eigenvalue weighted by Gasteiger charge is -2.17. The highest BCUT2D eigenvalue weighted by Gasteiger charge is 2.19. The molecular weight excluding hydrogens is 348 g/mol. The average molecular weight is 370 g/mol. The minimum absolute atomic E-state index is 0.158. The van der Waals surface area contributed by atoms with Crippen molar-refractivity contribution in [2.45, 2.75) is 26.4 Å². The predicted octanol–water partition coefficient (Wildman–Crippen LogP) is 4.28. The molecule has 2 heterocycles. The number of para-hydroxylation sites is 2. The van der Waals surface area contributed by atoms with Crippen molar-refractivity contribution in [3.8, 4) is 0 Å². The number of hydrogen-bond donors (Lipinski definition) is 1. The SMILES string of the molecule is Cc1cccc(Cn2c(C(C)NC(=O)c3cccnc3)nc3ccccc32)c1. The monoisotopic (exact) mass is 370 g/mol. The van der Waals surface area contributed by atoms with E-state index in [0.29, 0.717) is 12.1 Å². The van der Waals surface area contributed by atoms with E-state index in [2.05, 4.69) is 52.1 Å². The molecule has 28 heavy (non-hydrogen) atoms. The van der Waals surface area contributed by atoms with Crippen LogP contribution < -0.4 is 5.32 Å². The van der Waals surface area contributed by atoms with Gasteiger partial charge in [-0.15, -0.1) is 0 Å². The number of aryl methyl sites for hydroxylation is 1. The number of benzene rings is 2. The summed E-state index contributed by atoms with van der Waals surface area (Å²) in [4.78, 5) is 21.4. The maximum atomic E-state index is 12.6. The molecule has 4 aromatic rings. The molecule has 140 valence electrons. The van der Waals surface area contributed by atoms with E-state index in [1.54, 1.807) is 24.5 Å². The summed E-state index contributed by atoms with van der Waals surface area (Å²) in [6.07, 6.45) is 3.22. The number of imidazole rings is 1. The second-order valence-electron chi connectivity index (χ2n) is 6.97. The van der Waals surface area contributed by atoms with Gasteiger partial charge in [0.2, 0.25) is 0 Å². The maximum absolute atomic E-state index is 12.6. The molecule has 0 bridgehead atoms. The molecule has 0 fully saturated rings. The second kappa shape index (κ2) is 7.64. The molecule has 2 aromatic carbocycles. The van der Waals surface area contributed by atoms with Gasteiger partial charge in [0.25, 0.3) is 5.91 Å². The third-order valence-corrected chi connectivity index (χ3v) is 4.77. The summed E-state index contributed by atoms with van der Waals surface area (Å²) in [7, 11) is 0. The normalized spacial score (nSPS) is 12.1. The summed E-state index contributed by atoms with van der Waals surface area (Å²) in [5.41, 5.74) is 4.95. The van der Waals surface area contributed by atoms with E-state index in [1.165, 1.54) is 11.1 Å². The summed E-state index contributed by atoms with van der Waals surface area (Å²) in [6.45, 7) is 4.75. The summed E-state index contributed by atoms with van der Waals surface area (Å²) in [6, 6.07) is 19.8. The molecular formula is C23H22N4O. The zero-order chi connectivity index (χ0) is 19.5. The van der Waals surface area contributed by atoms with Crippen molar-refractivity contribution in [3.63, 3.8) is 0 Å². The van der Waals surface area contributed by atoms with E-state index in [0.717, 1.165) is 16.9 Å². The van der Waals surface area contributed by atoms with Crippen LogP contribution in [0.3, 0.4) is 0 Å². The van der Waals surface area contributed by atoms with E-state index in [-0.39, 0.29) is 11.9 Å². The van der Waals surface area contributed by atoms with Gasteiger partial charge < -0.3 is 9.88 Å². The van der Waals surface area contributed by atoms with E-state index in [1.807, 2.05) is 25.1 Å². The number of amides is 1. The van der Waals surface area contributed by atoms with Crippen LogP contribution >= 0.6 is 0 Å². The average Bonchev–Trinajstić information content (AvgIpc) is 3.07. The summed E-state index contributed by atoms with van der Waals surface area (Å²) in [5, 5.41) is 3.05. The first-order valence-electron chi connectivity index (χ1n) is 9.33. The number of nitrogens with one attached hydrogen (secondary N) is 1. The zero-order valence-electron chi connectivity index (χ0n) is 16.0. The van der Waals surface area contributed by atoms with Gasteiger partial charge in [0.1, 0.15) is 5.82 Å². The highest BCUT2D eigenvalue weighted by Crippen LogP contribution is 2.23. The Morgan fingerprint density at radius 1 is 1.11 bits per heavy atom. The van der Waals surface area contributed by atoms with Crippen molar-refractivity contribution >= 4 is 16.9 Å². The topological polar surface area (TPSA) is 59.8 Å². The van der Waals surface area contributed by atoms with Gasteiger partial charge in [-0.3, -0.25) is 9.78 Å². The van der Waals surface area contributed by atoms with Gasteiger partial charge in [0.05, 0.1) is 22.6 Å². The molecule has 0 spiro atoms. The Balaban J connectivity index is 1.68. The van der Waals surface area contributed by atoms with E-state index >= 15 is 0 Å². The standard InChI is InChI=1S/C23H22N4O/c1-16-7-5-8-18(13-16)15-27-21-11-4-3-10-20(21)26-22(27)17(2)25-23(28)19-9-6-12-24-14-19/h3-14,17H,15H2,1-2H3,(H,25,28). The van der Waals surface area contributed by atoms with Gasteiger partial charge >= 0.3 is 0 Å². The third kappa shape index (κ3) is 3.64. The van der Waals surface area contributed by atoms with E-state index in [4.69, 9.17) is 4.98 Å². The van der Waals surface area contributed by atoms with Crippen LogP contribution in [0, 0.1) is 6.92 Å². The minimum atomic E-state index is -0.245. The Morgan fingerprint density at radius 2 is 1.96 bits per heavy atom. The van der Waals surface area contributed by atoms with Crippen LogP contribution in [0.2, 0.25) is 0 Å². The van der Waals surface area contributed by atoms with E-state index < -0.39 is 0 Å². The van der Waals surface area contributed by atoms with Gasteiger partial charge in [-0.2, -0.15) is 0 Å². The molecule has 5 nitrogen and oxygen atoms in total. The fraction of sp³-hybridized carbons (Fsp3) is 0.174. The molecule has 1 N–H and O–H groups in total. The van der Waals surface area contributed by atoms with Crippen LogP contribution in [0.5, 0.6) is 0 Å². The summed E-state index contributed by atoms with van der Waals surface area (Å²) >= 11 is 0. The fourth-order valence-electron chi connectivity index (χ4n) is 3.43. The van der Waals surface area contributed by atoms with Crippen LogP contribution in [-0.2, 0) is 6.54 Å². The van der Waals surface area contributed by atoms with Gasteiger partial charge in [0.15, 0.2) is 0 Å². The molecule has 2 aromatic heterocycles. The molecule has 1 unspecified atom stereocenters. The smallest absolute Gasteiger partial charge is 0.253 e. The Labute approximate surface area is 164 Å². The van der Waals surface area contributed by atoms with Gasteiger partial charge in [0, 0.05) is 18.9 Å². The van der Waals surface area contributed by atoms with Crippen molar-refractivity contribution in [2.24, 2.45) is 0 Å². The van der Waals surface area contributed by atoms with Crippen molar-refractivity contribution in [1.82, 2.24) is 19.9 Å². The summed E-state index contributed by atoms with van der Waals surface area (Å²) in [5.74, 6) is 0.676. The van der Waals surface area contributed by atoms with Crippen molar-refractivity contribution < 1.29 is 4.79 Å². The number of carbonyl (C=O) groups is 1. The highest BCUT2D eigenvalue weighted by atomic mass is 16.1. The lowest BCUT2D eigenvalue weighted by Crippen LogP contribution is -2.29. The number of aromatic nitrogens is 3. The molecule has 0 aliphatic rings. The number of pyridine rings is 1. The maximum Gasteiger partial charge on any atom is 0.253 e. The lowest BCUT2D eigenvalue weighted by molar-refractivity contribution is 0.0937. The first-order valence-corrected chi connectivity index (χ1v) is 9.33. The van der Waals surface area contributed by atoms with Crippen molar-refractivity contribution in [2.75, 3.05) is 0 Å². The van der Waals surface area contributed by atoms with Crippen molar-refractivity contribution in [1.29, 1.82) is 0 Å². The molecule has 0 saturated carbocycles. The lowest BCUT2D eigenvalue weighted by atomic mass is 10.1. The number of hydrogen-bond acceptors (Lipinski definition) is 3. The zero-order valence-corrected chi connectivity index (χ0v) is 16.0. The molecule has 4 rings (SSSR count). The molecule has 1 amide bonds. The summed E-state index contributed by atoms with van der Waals surface area (Å²) < 4.78 is 2.18. The highest BCUT2D eigenvalue weighted by molar-refractivity contribution is 5.94. The molecule has 0 radical (unpaired) electrons. The molecule has 5 heteroatoms. The Kier molecular flexibility index (Phi) is 4.89. The second-order valence-corrected chi connectivity index (χ2v) is 6.97.